The highest BCUT2D eigenvalue weighted by molar-refractivity contribution is 9.09. The fourth-order valence-electron chi connectivity index (χ4n) is 6.93. The largest absolute Gasteiger partial charge is 0.394 e. The molecule has 36 heavy (non-hydrogen) atoms. The van der Waals surface area contributed by atoms with E-state index in [-0.39, 0.29) is 35.2 Å². The van der Waals surface area contributed by atoms with E-state index in [0.717, 1.165) is 44.1 Å². The fourth-order valence-corrected chi connectivity index (χ4v) is 7.87. The van der Waals surface area contributed by atoms with Crippen LogP contribution in [-0.4, -0.2) is 69.5 Å². The summed E-state index contributed by atoms with van der Waals surface area (Å²) in [5.41, 5.74) is -0.373. The molecular formula is C27H36BrN3O5. The molecule has 8 nitrogen and oxygen atoms in total. The van der Waals surface area contributed by atoms with Gasteiger partial charge in [-0.15, -0.1) is 0 Å². The number of nitrogens with one attached hydrogen (secondary N) is 2. The molecule has 4 aliphatic rings. The van der Waals surface area contributed by atoms with Crippen molar-refractivity contribution in [3.05, 3.63) is 35.9 Å². The maximum absolute atomic E-state index is 14.2. The number of alkyl halides is 1. The van der Waals surface area contributed by atoms with Gasteiger partial charge in [-0.25, -0.2) is 0 Å². The van der Waals surface area contributed by atoms with Crippen molar-refractivity contribution >= 4 is 33.7 Å². The van der Waals surface area contributed by atoms with Crippen LogP contribution in [0.5, 0.6) is 0 Å². The Bertz CT molecular complexity index is 987. The maximum Gasteiger partial charge on any atom is 0.246 e. The molecule has 4 fully saturated rings. The monoisotopic (exact) mass is 561 g/mol. The number of fused-ring (bicyclic) bond motifs is 1. The Labute approximate surface area is 220 Å². The molecule has 3 unspecified atom stereocenters. The average molecular weight is 563 g/mol. The van der Waals surface area contributed by atoms with Crippen LogP contribution in [0.15, 0.2) is 30.3 Å². The lowest BCUT2D eigenvalue weighted by molar-refractivity contribution is -0.146. The normalized spacial score (nSPS) is 34.5. The van der Waals surface area contributed by atoms with Crippen LogP contribution in [0.4, 0.5) is 0 Å². The van der Waals surface area contributed by atoms with Gasteiger partial charge < -0.3 is 25.4 Å². The number of hydrogen-bond acceptors (Lipinski definition) is 5. The summed E-state index contributed by atoms with van der Waals surface area (Å²) in [6, 6.07) is 7.71. The number of nitrogens with zero attached hydrogens (tertiary/aromatic N) is 1. The van der Waals surface area contributed by atoms with E-state index in [0.29, 0.717) is 13.0 Å². The van der Waals surface area contributed by atoms with Gasteiger partial charge in [0.15, 0.2) is 0 Å². The van der Waals surface area contributed by atoms with Crippen molar-refractivity contribution in [2.75, 3.05) is 13.2 Å². The Morgan fingerprint density at radius 1 is 1.19 bits per heavy atom. The summed E-state index contributed by atoms with van der Waals surface area (Å²) in [6.45, 7) is 2.16. The van der Waals surface area contributed by atoms with E-state index in [1.54, 1.807) is 0 Å². The predicted molar refractivity (Wildman–Crippen MR) is 137 cm³/mol. The Hall–Kier alpha value is -1.97. The lowest BCUT2D eigenvalue weighted by Gasteiger charge is -2.38. The smallest absolute Gasteiger partial charge is 0.246 e. The minimum absolute atomic E-state index is 0.0602. The molecule has 9 heteroatoms. The standard InChI is InChI=1S/C27H36BrN3O5/c1-2-13-29-24(33)20-21-26(35)31(19(15-32)16-9-5-3-6-10-16)23(27(21)14-18(28)22(20)36-27)25(34)30-17-11-7-4-8-12-17/h3,5-6,9-10,17-23,32H,2,4,7-8,11-15H2,1H3,(H,29,33)(H,30,34)/t18?,19-,20-,21+,22-,23?,27?/m1/s1. The van der Waals surface area contributed by atoms with Gasteiger partial charge in [0.1, 0.15) is 11.6 Å². The quantitative estimate of drug-likeness (QED) is 0.422. The first-order valence-electron chi connectivity index (χ1n) is 13.3. The molecule has 0 radical (unpaired) electrons. The van der Waals surface area contributed by atoms with E-state index in [2.05, 4.69) is 26.6 Å². The lowest BCUT2D eigenvalue weighted by atomic mass is 9.70. The summed E-state index contributed by atoms with van der Waals surface area (Å²) in [7, 11) is 0. The number of aliphatic hydroxyl groups is 1. The molecule has 1 aromatic carbocycles. The number of amides is 3. The summed E-state index contributed by atoms with van der Waals surface area (Å²) in [5.74, 6) is -2.21. The minimum Gasteiger partial charge on any atom is -0.394 e. The molecule has 3 amide bonds. The number of hydrogen-bond donors (Lipinski definition) is 3. The van der Waals surface area contributed by atoms with Crippen LogP contribution in [0.1, 0.15) is 63.5 Å². The van der Waals surface area contributed by atoms with Crippen molar-refractivity contribution in [3.8, 4) is 0 Å². The third kappa shape index (κ3) is 4.17. The SMILES string of the molecule is CCCNC(=O)[C@H]1[C@@H]2OC3(CC2Br)C(C(=O)NC2CCCCC2)N([C@H](CO)c2ccccc2)C(=O)[C@H]13. The molecule has 3 aliphatic heterocycles. The molecule has 3 saturated heterocycles. The second kappa shape index (κ2) is 10.4. The van der Waals surface area contributed by atoms with Crippen molar-refractivity contribution in [3.63, 3.8) is 0 Å². The number of aliphatic hydroxyl groups excluding tert-OH is 1. The predicted octanol–water partition coefficient (Wildman–Crippen LogP) is 2.44. The molecule has 2 bridgehead atoms. The molecular weight excluding hydrogens is 526 g/mol. The highest BCUT2D eigenvalue weighted by atomic mass is 79.9. The Morgan fingerprint density at radius 3 is 2.58 bits per heavy atom. The second-order valence-corrected chi connectivity index (χ2v) is 11.8. The number of carbonyl (C=O) groups is 3. The van der Waals surface area contributed by atoms with Gasteiger partial charge in [-0.2, -0.15) is 0 Å². The van der Waals surface area contributed by atoms with E-state index in [1.807, 2.05) is 37.3 Å². The van der Waals surface area contributed by atoms with Crippen LogP contribution in [-0.2, 0) is 19.1 Å². The van der Waals surface area contributed by atoms with Gasteiger partial charge >= 0.3 is 0 Å². The van der Waals surface area contributed by atoms with Gasteiger partial charge in [0.05, 0.1) is 30.6 Å². The van der Waals surface area contributed by atoms with Crippen LogP contribution in [0.2, 0.25) is 0 Å². The van der Waals surface area contributed by atoms with E-state index in [4.69, 9.17) is 4.74 Å². The van der Waals surface area contributed by atoms with Crippen LogP contribution in [0.3, 0.4) is 0 Å². The third-order valence-corrected chi connectivity index (χ3v) is 9.32. The van der Waals surface area contributed by atoms with Gasteiger partial charge in [-0.05, 0) is 31.2 Å². The Morgan fingerprint density at radius 2 is 1.92 bits per heavy atom. The molecule has 3 heterocycles. The number of carbonyl (C=O) groups excluding carboxylic acids is 3. The molecule has 1 aromatic rings. The van der Waals surface area contributed by atoms with Gasteiger partial charge in [-0.3, -0.25) is 14.4 Å². The number of rotatable bonds is 8. The van der Waals surface area contributed by atoms with E-state index >= 15 is 0 Å². The number of ether oxygens (including phenoxy) is 1. The van der Waals surface area contributed by atoms with Crippen molar-refractivity contribution in [2.45, 2.75) is 86.5 Å². The van der Waals surface area contributed by atoms with Crippen molar-refractivity contribution in [1.29, 1.82) is 0 Å². The molecule has 0 aromatic heterocycles. The van der Waals surface area contributed by atoms with Gasteiger partial charge in [0.25, 0.3) is 0 Å². The highest BCUT2D eigenvalue weighted by Gasteiger charge is 2.77. The number of benzene rings is 1. The van der Waals surface area contributed by atoms with E-state index in [1.165, 1.54) is 4.90 Å². The third-order valence-electron chi connectivity index (χ3n) is 8.47. The first kappa shape index (κ1) is 25.7. The second-order valence-electron chi connectivity index (χ2n) is 10.7. The first-order valence-corrected chi connectivity index (χ1v) is 14.2. The first-order chi connectivity index (χ1) is 17.4. The average Bonchev–Trinajstić information content (AvgIpc) is 3.48. The molecule has 1 aliphatic carbocycles. The minimum atomic E-state index is -1.12. The summed E-state index contributed by atoms with van der Waals surface area (Å²) < 4.78 is 6.55. The molecule has 196 valence electrons. The van der Waals surface area contributed by atoms with Crippen LogP contribution < -0.4 is 10.6 Å². The molecule has 1 saturated carbocycles. The summed E-state index contributed by atoms with van der Waals surface area (Å²) >= 11 is 3.70. The Balaban J connectivity index is 1.55. The summed E-state index contributed by atoms with van der Waals surface area (Å²) in [5, 5.41) is 16.7. The van der Waals surface area contributed by atoms with E-state index < -0.39 is 35.6 Å². The van der Waals surface area contributed by atoms with Crippen molar-refractivity contribution < 1.29 is 24.2 Å². The molecule has 1 spiro atoms. The summed E-state index contributed by atoms with van der Waals surface area (Å²) in [4.78, 5) is 42.9. The molecule has 7 atom stereocenters. The molecule has 3 N–H and O–H groups in total. The highest BCUT2D eigenvalue weighted by Crippen LogP contribution is 2.61. The fraction of sp³-hybridized carbons (Fsp3) is 0.667. The number of halogens is 1. The van der Waals surface area contributed by atoms with Crippen LogP contribution >= 0.6 is 15.9 Å². The zero-order valence-corrected chi connectivity index (χ0v) is 22.3. The number of likely N-dealkylation sites (tertiary alicyclic amines) is 1. The van der Waals surface area contributed by atoms with Crippen LogP contribution in [0.25, 0.3) is 0 Å². The van der Waals surface area contributed by atoms with Crippen LogP contribution in [0, 0.1) is 11.8 Å². The van der Waals surface area contributed by atoms with Gasteiger partial charge in [0.2, 0.25) is 17.7 Å². The van der Waals surface area contributed by atoms with Crippen molar-refractivity contribution in [2.24, 2.45) is 11.8 Å². The summed E-state index contributed by atoms with van der Waals surface area (Å²) in [6.07, 6.45) is 5.88. The lowest BCUT2D eigenvalue weighted by Crippen LogP contribution is -2.58. The van der Waals surface area contributed by atoms with Crippen molar-refractivity contribution in [1.82, 2.24) is 15.5 Å². The maximum atomic E-state index is 14.2. The Kier molecular flexibility index (Phi) is 7.43. The zero-order chi connectivity index (χ0) is 25.4. The topological polar surface area (TPSA) is 108 Å². The molecule has 5 rings (SSSR count). The zero-order valence-electron chi connectivity index (χ0n) is 20.7. The van der Waals surface area contributed by atoms with Gasteiger partial charge in [-0.1, -0.05) is 72.4 Å². The van der Waals surface area contributed by atoms with E-state index in [9.17, 15) is 19.5 Å². The van der Waals surface area contributed by atoms with Gasteiger partial charge in [0, 0.05) is 17.4 Å².